The Morgan fingerprint density at radius 3 is 2.39 bits per heavy atom. The largest absolute Gasteiger partial charge is 0.419 e. The van der Waals surface area contributed by atoms with E-state index in [9.17, 15) is 18.0 Å². The normalized spacial score (nSPS) is 11.5. The molecule has 0 saturated heterocycles. The summed E-state index contributed by atoms with van der Waals surface area (Å²) in [5.74, 6) is -0.166. The van der Waals surface area contributed by atoms with Crippen molar-refractivity contribution in [3.8, 4) is 5.95 Å². The lowest BCUT2D eigenvalue weighted by atomic mass is 10.3. The quantitative estimate of drug-likeness (QED) is 0.832. The average Bonchev–Trinajstić information content (AvgIpc) is 2.32. The number of nitrogen functional groups attached to an aromatic ring is 1. The van der Waals surface area contributed by atoms with E-state index in [4.69, 9.17) is 5.73 Å². The number of nitrogens with two attached hydrogens (primary N) is 1. The fourth-order valence-corrected chi connectivity index (χ4v) is 1.26. The zero-order valence-electron chi connectivity index (χ0n) is 8.85. The second-order valence-electron chi connectivity index (χ2n) is 3.41. The van der Waals surface area contributed by atoms with Crippen LogP contribution >= 0.6 is 0 Å². The molecule has 0 amide bonds. The fraction of sp³-hybridized carbons (Fsp3) is 0.100. The average molecular weight is 256 g/mol. The van der Waals surface area contributed by atoms with Crippen molar-refractivity contribution in [3.05, 3.63) is 46.6 Å². The molecule has 0 aliphatic heterocycles. The number of pyridine rings is 1. The first-order valence-corrected chi connectivity index (χ1v) is 4.76. The Labute approximate surface area is 98.7 Å². The number of nitrogens with zero attached hydrogens (tertiary/aromatic N) is 3. The highest BCUT2D eigenvalue weighted by Crippen LogP contribution is 2.27. The molecule has 0 atom stereocenters. The van der Waals surface area contributed by atoms with Crippen molar-refractivity contribution in [3.63, 3.8) is 0 Å². The summed E-state index contributed by atoms with van der Waals surface area (Å²) in [7, 11) is 0. The summed E-state index contributed by atoms with van der Waals surface area (Å²) in [4.78, 5) is 18.6. The van der Waals surface area contributed by atoms with Gasteiger partial charge >= 0.3 is 6.18 Å². The first kappa shape index (κ1) is 12.1. The molecular formula is C10H7F3N4O. The Bertz CT molecular complexity index is 618. The third-order valence-corrected chi connectivity index (χ3v) is 2.16. The second-order valence-corrected chi connectivity index (χ2v) is 3.41. The Hall–Kier alpha value is -2.38. The standard InChI is InChI=1S/C10H7F3N4O/c11-10(12,13)6-4-15-9(16-5-6)17-3-1-2-7(14)8(17)18/h1-5H,14H2. The van der Waals surface area contributed by atoms with Crippen molar-refractivity contribution in [2.75, 3.05) is 5.73 Å². The lowest BCUT2D eigenvalue weighted by Crippen LogP contribution is -2.22. The fourth-order valence-electron chi connectivity index (χ4n) is 1.26. The molecule has 0 unspecified atom stereocenters. The van der Waals surface area contributed by atoms with Gasteiger partial charge < -0.3 is 5.73 Å². The van der Waals surface area contributed by atoms with Crippen LogP contribution in [0.15, 0.2) is 35.5 Å². The molecule has 8 heteroatoms. The van der Waals surface area contributed by atoms with Crippen molar-refractivity contribution in [1.29, 1.82) is 0 Å². The molecule has 94 valence electrons. The Morgan fingerprint density at radius 2 is 1.83 bits per heavy atom. The maximum Gasteiger partial charge on any atom is 0.419 e. The van der Waals surface area contributed by atoms with E-state index < -0.39 is 17.3 Å². The molecule has 0 bridgehead atoms. The summed E-state index contributed by atoms with van der Waals surface area (Å²) in [5, 5.41) is 0. The number of anilines is 1. The number of hydrogen-bond acceptors (Lipinski definition) is 4. The number of halogens is 3. The summed E-state index contributed by atoms with van der Waals surface area (Å²) >= 11 is 0. The van der Waals surface area contributed by atoms with Crippen LogP contribution in [0.2, 0.25) is 0 Å². The maximum absolute atomic E-state index is 12.3. The first-order valence-electron chi connectivity index (χ1n) is 4.76. The molecule has 2 N–H and O–H groups in total. The second kappa shape index (κ2) is 4.13. The van der Waals surface area contributed by atoms with Crippen molar-refractivity contribution in [2.45, 2.75) is 6.18 Å². The molecule has 0 aromatic carbocycles. The highest BCUT2D eigenvalue weighted by molar-refractivity contribution is 5.36. The highest BCUT2D eigenvalue weighted by Gasteiger charge is 2.31. The van der Waals surface area contributed by atoms with Gasteiger partial charge in [-0.3, -0.25) is 9.36 Å². The third kappa shape index (κ3) is 2.17. The minimum atomic E-state index is -4.51. The lowest BCUT2D eigenvalue weighted by Gasteiger charge is -2.07. The van der Waals surface area contributed by atoms with Gasteiger partial charge in [0.25, 0.3) is 5.56 Å². The van der Waals surface area contributed by atoms with E-state index in [-0.39, 0.29) is 11.6 Å². The van der Waals surface area contributed by atoms with Gasteiger partial charge in [0, 0.05) is 18.6 Å². The van der Waals surface area contributed by atoms with E-state index in [2.05, 4.69) is 9.97 Å². The van der Waals surface area contributed by atoms with Gasteiger partial charge in [0.15, 0.2) is 0 Å². The SMILES string of the molecule is Nc1cccn(-c2ncc(C(F)(F)F)cn2)c1=O. The molecule has 0 saturated carbocycles. The van der Waals surface area contributed by atoms with E-state index in [1.54, 1.807) is 0 Å². The Balaban J connectivity index is 2.47. The van der Waals surface area contributed by atoms with Crippen molar-refractivity contribution in [2.24, 2.45) is 0 Å². The molecule has 0 fully saturated rings. The predicted octanol–water partition coefficient (Wildman–Crippen LogP) is 1.23. The summed E-state index contributed by atoms with van der Waals surface area (Å²) in [6, 6.07) is 2.85. The maximum atomic E-state index is 12.3. The van der Waals surface area contributed by atoms with Crippen molar-refractivity contribution >= 4 is 5.69 Å². The monoisotopic (exact) mass is 256 g/mol. The van der Waals surface area contributed by atoms with Gasteiger partial charge in [-0.25, -0.2) is 9.97 Å². The molecule has 18 heavy (non-hydrogen) atoms. The zero-order chi connectivity index (χ0) is 13.3. The molecule has 2 aromatic heterocycles. The summed E-state index contributed by atoms with van der Waals surface area (Å²) < 4.78 is 37.9. The molecule has 2 heterocycles. The van der Waals surface area contributed by atoms with Crippen molar-refractivity contribution < 1.29 is 13.2 Å². The van der Waals surface area contributed by atoms with E-state index >= 15 is 0 Å². The summed E-state index contributed by atoms with van der Waals surface area (Å²) in [6.07, 6.45) is -1.98. The van der Waals surface area contributed by atoms with E-state index in [0.29, 0.717) is 12.4 Å². The smallest absolute Gasteiger partial charge is 0.394 e. The summed E-state index contributed by atoms with van der Waals surface area (Å²) in [6.45, 7) is 0. The molecule has 0 aliphatic rings. The molecule has 2 aromatic rings. The van der Waals surface area contributed by atoms with Crippen LogP contribution in [0.3, 0.4) is 0 Å². The van der Waals surface area contributed by atoms with Crippen LogP contribution in [-0.2, 0) is 6.18 Å². The van der Waals surface area contributed by atoms with Crippen LogP contribution in [0.25, 0.3) is 5.95 Å². The number of hydrogen-bond donors (Lipinski definition) is 1. The molecule has 0 spiro atoms. The van der Waals surface area contributed by atoms with Crippen LogP contribution in [0.1, 0.15) is 5.56 Å². The Kier molecular flexibility index (Phi) is 2.77. The predicted molar refractivity (Wildman–Crippen MR) is 57.0 cm³/mol. The number of rotatable bonds is 1. The molecule has 5 nitrogen and oxygen atoms in total. The molecular weight excluding hydrogens is 249 g/mol. The van der Waals surface area contributed by atoms with Gasteiger partial charge in [0.1, 0.15) is 0 Å². The van der Waals surface area contributed by atoms with Crippen LogP contribution < -0.4 is 11.3 Å². The van der Waals surface area contributed by atoms with Crippen LogP contribution in [0.4, 0.5) is 18.9 Å². The van der Waals surface area contributed by atoms with Crippen LogP contribution in [-0.4, -0.2) is 14.5 Å². The van der Waals surface area contributed by atoms with Gasteiger partial charge in [-0.1, -0.05) is 0 Å². The van der Waals surface area contributed by atoms with Gasteiger partial charge in [-0.05, 0) is 12.1 Å². The number of aromatic nitrogens is 3. The highest BCUT2D eigenvalue weighted by atomic mass is 19.4. The topological polar surface area (TPSA) is 73.8 Å². The first-order chi connectivity index (χ1) is 8.39. The van der Waals surface area contributed by atoms with Crippen LogP contribution in [0.5, 0.6) is 0 Å². The van der Waals surface area contributed by atoms with E-state index in [1.807, 2.05) is 0 Å². The number of alkyl halides is 3. The summed E-state index contributed by atoms with van der Waals surface area (Å²) in [5.41, 5.74) is 3.78. The van der Waals surface area contributed by atoms with E-state index in [1.165, 1.54) is 18.3 Å². The molecule has 0 aliphatic carbocycles. The van der Waals surface area contributed by atoms with Gasteiger partial charge in [0.05, 0.1) is 11.3 Å². The van der Waals surface area contributed by atoms with Gasteiger partial charge in [-0.15, -0.1) is 0 Å². The van der Waals surface area contributed by atoms with Crippen LogP contribution in [0, 0.1) is 0 Å². The molecule has 2 rings (SSSR count). The zero-order valence-corrected chi connectivity index (χ0v) is 8.85. The van der Waals surface area contributed by atoms with Crippen molar-refractivity contribution in [1.82, 2.24) is 14.5 Å². The third-order valence-electron chi connectivity index (χ3n) is 2.16. The minimum absolute atomic E-state index is 0.0407. The lowest BCUT2D eigenvalue weighted by molar-refractivity contribution is -0.138. The van der Waals surface area contributed by atoms with E-state index in [0.717, 1.165) is 4.57 Å². The van der Waals surface area contributed by atoms with Gasteiger partial charge in [-0.2, -0.15) is 13.2 Å². The van der Waals surface area contributed by atoms with Gasteiger partial charge in [0.2, 0.25) is 5.95 Å². The Morgan fingerprint density at radius 1 is 1.22 bits per heavy atom. The minimum Gasteiger partial charge on any atom is -0.394 e. The molecule has 0 radical (unpaired) electrons.